The van der Waals surface area contributed by atoms with E-state index < -0.39 is 20.9 Å². The highest BCUT2D eigenvalue weighted by Gasteiger charge is 2.34. The van der Waals surface area contributed by atoms with Crippen molar-refractivity contribution in [2.24, 2.45) is 0 Å². The highest BCUT2D eigenvalue weighted by molar-refractivity contribution is 7.98. The molecule has 1 saturated heterocycles. The highest BCUT2D eigenvalue weighted by atomic mass is 32.2. The third kappa shape index (κ3) is 3.94. The number of amides is 1. The summed E-state index contributed by atoms with van der Waals surface area (Å²) in [5.41, 5.74) is 0.727. The molecule has 2 aromatic carbocycles. The zero-order valence-electron chi connectivity index (χ0n) is 14.4. The summed E-state index contributed by atoms with van der Waals surface area (Å²) < 4.78 is 39.4. The van der Waals surface area contributed by atoms with Crippen LogP contribution in [-0.4, -0.2) is 44.3 Å². The van der Waals surface area contributed by atoms with Crippen LogP contribution in [0.4, 0.5) is 4.39 Å². The van der Waals surface area contributed by atoms with Crippen LogP contribution in [0.3, 0.4) is 0 Å². The van der Waals surface area contributed by atoms with Gasteiger partial charge in [0.2, 0.25) is 0 Å². The van der Waals surface area contributed by atoms with E-state index in [1.54, 1.807) is 34.9 Å². The Bertz CT molecular complexity index is 915. The van der Waals surface area contributed by atoms with Gasteiger partial charge in [-0.1, -0.05) is 24.3 Å². The monoisotopic (exact) mass is 393 g/mol. The SMILES string of the molecule is CSc1cccc(C(=O)N2CC[C@@H](c3ccccc3F)S(=O)(=O)CC2)c1. The van der Waals surface area contributed by atoms with Crippen molar-refractivity contribution in [3.8, 4) is 0 Å². The Kier molecular flexibility index (Phi) is 5.67. The third-order valence-corrected chi connectivity index (χ3v) is 7.43. The average molecular weight is 394 g/mol. The van der Waals surface area contributed by atoms with E-state index in [0.29, 0.717) is 5.56 Å². The fraction of sp³-hybridized carbons (Fsp3) is 0.316. The van der Waals surface area contributed by atoms with E-state index >= 15 is 0 Å². The lowest BCUT2D eigenvalue weighted by atomic mass is 10.1. The molecule has 1 amide bonds. The van der Waals surface area contributed by atoms with Gasteiger partial charge in [-0.05, 0) is 36.9 Å². The minimum Gasteiger partial charge on any atom is -0.338 e. The molecule has 1 heterocycles. The van der Waals surface area contributed by atoms with Gasteiger partial charge in [-0.2, -0.15) is 0 Å². The van der Waals surface area contributed by atoms with Crippen molar-refractivity contribution < 1.29 is 17.6 Å². The molecule has 7 heteroatoms. The first-order valence-electron chi connectivity index (χ1n) is 8.31. The van der Waals surface area contributed by atoms with E-state index in [0.717, 1.165) is 4.90 Å². The summed E-state index contributed by atoms with van der Waals surface area (Å²) in [5, 5.41) is -0.918. The zero-order valence-corrected chi connectivity index (χ0v) is 16.0. The van der Waals surface area contributed by atoms with Crippen molar-refractivity contribution in [3.05, 3.63) is 65.5 Å². The molecule has 4 nitrogen and oxygen atoms in total. The molecule has 1 aliphatic rings. The number of carbonyl (C=O) groups excluding carboxylic acids is 1. The maximum Gasteiger partial charge on any atom is 0.253 e. The number of nitrogens with zero attached hydrogens (tertiary/aromatic N) is 1. The molecule has 0 radical (unpaired) electrons. The average Bonchev–Trinajstić information content (AvgIpc) is 2.80. The number of halogens is 1. The van der Waals surface area contributed by atoms with Gasteiger partial charge < -0.3 is 4.90 Å². The maximum absolute atomic E-state index is 14.1. The topological polar surface area (TPSA) is 54.5 Å². The number of thioether (sulfide) groups is 1. The fourth-order valence-corrected chi connectivity index (χ4v) is 5.43. The Hall–Kier alpha value is -1.86. The number of benzene rings is 2. The van der Waals surface area contributed by atoms with Crippen LogP contribution < -0.4 is 0 Å². The van der Waals surface area contributed by atoms with Gasteiger partial charge in [-0.15, -0.1) is 11.8 Å². The number of carbonyl (C=O) groups is 1. The van der Waals surface area contributed by atoms with Crippen LogP contribution in [0.1, 0.15) is 27.6 Å². The number of sulfone groups is 1. The van der Waals surface area contributed by atoms with Gasteiger partial charge in [0.25, 0.3) is 5.91 Å². The molecular weight excluding hydrogens is 373 g/mol. The lowest BCUT2D eigenvalue weighted by Gasteiger charge is -2.20. The third-order valence-electron chi connectivity index (χ3n) is 4.60. The van der Waals surface area contributed by atoms with Crippen LogP contribution in [0.5, 0.6) is 0 Å². The van der Waals surface area contributed by atoms with Gasteiger partial charge in [0.05, 0.1) is 11.0 Å². The van der Waals surface area contributed by atoms with Crippen LogP contribution in [0.15, 0.2) is 53.4 Å². The lowest BCUT2D eigenvalue weighted by Crippen LogP contribution is -2.33. The summed E-state index contributed by atoms with van der Waals surface area (Å²) in [7, 11) is -3.54. The van der Waals surface area contributed by atoms with E-state index in [1.807, 2.05) is 18.4 Å². The Morgan fingerprint density at radius 2 is 1.92 bits per heavy atom. The molecule has 3 rings (SSSR count). The lowest BCUT2D eigenvalue weighted by molar-refractivity contribution is 0.0766. The van der Waals surface area contributed by atoms with Crippen LogP contribution in [-0.2, 0) is 9.84 Å². The predicted octanol–water partition coefficient (Wildman–Crippen LogP) is 3.55. The van der Waals surface area contributed by atoms with Crippen molar-refractivity contribution >= 4 is 27.5 Å². The molecule has 0 saturated carbocycles. The van der Waals surface area contributed by atoms with Gasteiger partial charge >= 0.3 is 0 Å². The smallest absolute Gasteiger partial charge is 0.253 e. The second-order valence-electron chi connectivity index (χ2n) is 6.19. The highest BCUT2D eigenvalue weighted by Crippen LogP contribution is 2.31. The van der Waals surface area contributed by atoms with E-state index in [-0.39, 0.29) is 36.7 Å². The minimum atomic E-state index is -3.54. The molecule has 2 aromatic rings. The first kappa shape index (κ1) is 18.9. The maximum atomic E-state index is 14.1. The molecule has 1 atom stereocenters. The molecule has 26 heavy (non-hydrogen) atoms. The summed E-state index contributed by atoms with van der Waals surface area (Å²) in [4.78, 5) is 15.3. The largest absolute Gasteiger partial charge is 0.338 e. The molecular formula is C19H20FNO3S2. The summed E-state index contributed by atoms with van der Waals surface area (Å²) in [6.07, 6.45) is 2.12. The van der Waals surface area contributed by atoms with Crippen LogP contribution in [0.2, 0.25) is 0 Å². The Labute approximate surface area is 157 Å². The standard InChI is InChI=1S/C19H20FNO3S2/c1-25-15-6-4-5-14(13-15)19(22)21-10-9-18(26(23,24)12-11-21)16-7-2-3-8-17(16)20/h2-8,13,18H,9-12H2,1H3/t18-/m0/s1. The summed E-state index contributed by atoms with van der Waals surface area (Å²) in [6.45, 7) is 0.399. The molecule has 0 bridgehead atoms. The normalized spacial score (nSPS) is 19.8. The summed E-state index contributed by atoms with van der Waals surface area (Å²) in [5.74, 6) is -0.876. The number of hydrogen-bond donors (Lipinski definition) is 0. The molecule has 1 aliphatic heterocycles. The van der Waals surface area contributed by atoms with Gasteiger partial charge in [0.15, 0.2) is 9.84 Å². The van der Waals surface area contributed by atoms with Gasteiger partial charge in [0, 0.05) is 29.1 Å². The molecule has 0 aromatic heterocycles. The van der Waals surface area contributed by atoms with Crippen LogP contribution in [0, 0.1) is 5.82 Å². The van der Waals surface area contributed by atoms with Crippen molar-refractivity contribution in [1.29, 1.82) is 0 Å². The van der Waals surface area contributed by atoms with Gasteiger partial charge in [0.1, 0.15) is 5.82 Å². The van der Waals surface area contributed by atoms with Crippen molar-refractivity contribution in [1.82, 2.24) is 4.90 Å². The molecule has 0 aliphatic carbocycles. The van der Waals surface area contributed by atoms with Crippen molar-refractivity contribution in [2.45, 2.75) is 16.6 Å². The second-order valence-corrected chi connectivity index (χ2v) is 9.37. The minimum absolute atomic E-state index is 0.121. The second kappa shape index (κ2) is 7.80. The van der Waals surface area contributed by atoms with E-state index in [2.05, 4.69) is 0 Å². The number of rotatable bonds is 3. The van der Waals surface area contributed by atoms with Gasteiger partial charge in [-0.25, -0.2) is 12.8 Å². The van der Waals surface area contributed by atoms with Gasteiger partial charge in [-0.3, -0.25) is 4.79 Å². The van der Waals surface area contributed by atoms with E-state index in [9.17, 15) is 17.6 Å². The van der Waals surface area contributed by atoms with E-state index in [1.165, 1.54) is 18.2 Å². The molecule has 1 fully saturated rings. The first-order chi connectivity index (χ1) is 12.4. The number of hydrogen-bond acceptors (Lipinski definition) is 4. The van der Waals surface area contributed by atoms with E-state index in [4.69, 9.17) is 0 Å². The Balaban J connectivity index is 1.84. The summed E-state index contributed by atoms with van der Waals surface area (Å²) in [6, 6.07) is 13.2. The fourth-order valence-electron chi connectivity index (χ4n) is 3.17. The molecule has 0 spiro atoms. The predicted molar refractivity (Wildman–Crippen MR) is 102 cm³/mol. The Morgan fingerprint density at radius 1 is 1.15 bits per heavy atom. The Morgan fingerprint density at radius 3 is 2.65 bits per heavy atom. The molecule has 0 N–H and O–H groups in total. The van der Waals surface area contributed by atoms with Crippen molar-refractivity contribution in [2.75, 3.05) is 25.1 Å². The molecule has 138 valence electrons. The zero-order chi connectivity index (χ0) is 18.7. The quantitative estimate of drug-likeness (QED) is 0.749. The first-order valence-corrected chi connectivity index (χ1v) is 11.3. The molecule has 0 unspecified atom stereocenters. The van der Waals surface area contributed by atoms with Crippen LogP contribution in [0.25, 0.3) is 0 Å². The van der Waals surface area contributed by atoms with Crippen LogP contribution >= 0.6 is 11.8 Å². The summed E-state index contributed by atoms with van der Waals surface area (Å²) >= 11 is 1.54. The van der Waals surface area contributed by atoms with Crippen molar-refractivity contribution in [3.63, 3.8) is 0 Å².